The van der Waals surface area contributed by atoms with Gasteiger partial charge in [0.15, 0.2) is 0 Å². The molecule has 11 aromatic rings. The molecule has 0 radical (unpaired) electrons. The van der Waals surface area contributed by atoms with E-state index in [1.54, 1.807) is 0 Å². The van der Waals surface area contributed by atoms with E-state index in [2.05, 4.69) is 215 Å². The van der Waals surface area contributed by atoms with Crippen molar-refractivity contribution in [1.29, 1.82) is 0 Å². The predicted octanol–water partition coefficient (Wildman–Crippen LogP) is 30.8. The molecule has 4 heteroatoms. The molecule has 11 rings (SSSR count). The van der Waals surface area contributed by atoms with Crippen LogP contribution >= 0.6 is 0 Å². The molecule has 0 saturated heterocycles. The minimum Gasteiger partial charge on any atom is -0.494 e. The number of benzene rings is 11. The van der Waals surface area contributed by atoms with Gasteiger partial charge in [-0.15, -0.1) is 0 Å². The summed E-state index contributed by atoms with van der Waals surface area (Å²) >= 11 is 0. The van der Waals surface area contributed by atoms with Gasteiger partial charge in [0.1, 0.15) is 23.0 Å². The highest BCUT2D eigenvalue weighted by atomic mass is 16.5. The zero-order valence-electron chi connectivity index (χ0n) is 64.9. The number of rotatable bonds is 44. The second-order valence-corrected chi connectivity index (χ2v) is 32.4. The van der Waals surface area contributed by atoms with E-state index in [0.29, 0.717) is 0 Å². The summed E-state index contributed by atoms with van der Waals surface area (Å²) in [7, 11) is 0. The Hall–Kier alpha value is -7.30. The Balaban J connectivity index is 1.13. The van der Waals surface area contributed by atoms with Gasteiger partial charge in [0.05, 0.1) is 26.4 Å². The Morgan fingerprint density at radius 1 is 0.206 bits per heavy atom. The van der Waals surface area contributed by atoms with Crippen molar-refractivity contribution >= 4 is 64.6 Å². The van der Waals surface area contributed by atoms with E-state index in [1.165, 1.54) is 300 Å². The average Bonchev–Trinajstić information content (AvgIpc) is 0.674. The molecule has 542 valence electrons. The van der Waals surface area contributed by atoms with Crippen LogP contribution in [0.1, 0.15) is 286 Å². The second-order valence-electron chi connectivity index (χ2n) is 32.4. The SMILES string of the molecule is CCCCCCCCCCOc1ccc(-c2cc3cc(C(C)(C)C)cc4cc(-c5ccc(OCCCCCCCCCC)cc5)c5c6c(-c7ccc(OCCCCCCCCCC)cc7)cc7cc(C(C)(C)C)cc8cc(-c9ccc(OCCCCCCCCCC)cc9)c(c2c5c34)c6c87)cc1. The Bertz CT molecular complexity index is 3790. The van der Waals surface area contributed by atoms with Gasteiger partial charge in [0.2, 0.25) is 0 Å². The van der Waals surface area contributed by atoms with Crippen LogP contribution in [-0.4, -0.2) is 26.4 Å². The van der Waals surface area contributed by atoms with Gasteiger partial charge in [-0.05, 0) is 230 Å². The maximum atomic E-state index is 6.62. The molecule has 0 aromatic heterocycles. The van der Waals surface area contributed by atoms with Crippen LogP contribution in [0.15, 0.2) is 146 Å². The molecule has 0 N–H and O–H groups in total. The standard InChI is InChI=1S/C98H126O4/c1-11-15-19-23-27-31-35-39-59-99-81-51-43-71(44-52-81)85-67-75-63-79(97(5,6)7)64-76-69-87(73-47-55-83(56-48-73)101-61-41-37-33-29-25-21-17-13-3)93-94-88(74-49-57-84(58-50-74)102-62-42-38-34-30-26-22-18-14-4)70-78-66-80(98(8,9)10)65-77-68-86(92(96(94)90(77)78)91(85)95(93)89(75)76)72-45-53-82(54-46-72)100-60-40-36-32-28-24-20-16-12-2/h43-58,63-70H,11-42,59-62H2,1-10H3. The summed E-state index contributed by atoms with van der Waals surface area (Å²) in [5.74, 6) is 3.71. The third-order valence-electron chi connectivity index (χ3n) is 22.1. The summed E-state index contributed by atoms with van der Waals surface area (Å²) < 4.78 is 26.5. The summed E-state index contributed by atoms with van der Waals surface area (Å²) in [5, 5.41) is 15.4. The average molecular weight is 1370 g/mol. The zero-order chi connectivity index (χ0) is 71.3. The van der Waals surface area contributed by atoms with Crippen LogP contribution in [-0.2, 0) is 10.8 Å². The normalized spacial score (nSPS) is 12.3. The van der Waals surface area contributed by atoms with Crippen LogP contribution in [0, 0.1) is 0 Å². The van der Waals surface area contributed by atoms with Crippen molar-refractivity contribution in [2.45, 2.75) is 286 Å². The minimum atomic E-state index is -0.108. The van der Waals surface area contributed by atoms with Crippen molar-refractivity contribution in [1.82, 2.24) is 0 Å². The fourth-order valence-electron chi connectivity index (χ4n) is 16.0. The van der Waals surface area contributed by atoms with Crippen molar-refractivity contribution in [2.24, 2.45) is 0 Å². The zero-order valence-corrected chi connectivity index (χ0v) is 64.9. The molecule has 4 nitrogen and oxygen atoms in total. The molecule has 0 aliphatic heterocycles. The summed E-state index contributed by atoms with van der Waals surface area (Å²) in [6, 6.07) is 57.0. The van der Waals surface area contributed by atoms with Gasteiger partial charge in [-0.3, -0.25) is 0 Å². The van der Waals surface area contributed by atoms with Crippen molar-refractivity contribution in [3.05, 3.63) is 157 Å². The molecule has 0 saturated carbocycles. The molecule has 0 heterocycles. The fraction of sp³-hybridized carbons (Fsp3) is 0.490. The first-order chi connectivity index (χ1) is 49.8. The molecular formula is C98H126O4. The first-order valence-corrected chi connectivity index (χ1v) is 41.2. The van der Waals surface area contributed by atoms with Gasteiger partial charge in [0.25, 0.3) is 0 Å². The summed E-state index contributed by atoms with van der Waals surface area (Å²) in [5.41, 5.74) is 12.1. The monoisotopic (exact) mass is 1370 g/mol. The smallest absolute Gasteiger partial charge is 0.119 e. The summed E-state index contributed by atoms with van der Waals surface area (Å²) in [6.45, 7) is 26.3. The van der Waals surface area contributed by atoms with Crippen LogP contribution in [0.25, 0.3) is 109 Å². The van der Waals surface area contributed by atoms with Gasteiger partial charge in [-0.1, -0.05) is 322 Å². The molecule has 0 aliphatic carbocycles. The van der Waals surface area contributed by atoms with Gasteiger partial charge in [-0.2, -0.15) is 0 Å². The number of ether oxygens (including phenoxy) is 4. The lowest BCUT2D eigenvalue weighted by Crippen LogP contribution is -2.11. The number of hydrogen-bond donors (Lipinski definition) is 0. The Morgan fingerprint density at radius 3 is 0.578 bits per heavy atom. The van der Waals surface area contributed by atoms with E-state index in [9.17, 15) is 0 Å². The quantitative estimate of drug-likeness (QED) is 0.0217. The number of fused-ring (bicyclic) bond motifs is 2. The predicted molar refractivity (Wildman–Crippen MR) is 445 cm³/mol. The Labute approximate surface area is 616 Å². The van der Waals surface area contributed by atoms with E-state index in [1.807, 2.05) is 0 Å². The molecule has 0 atom stereocenters. The topological polar surface area (TPSA) is 36.9 Å². The van der Waals surface area contributed by atoms with E-state index in [4.69, 9.17) is 18.9 Å². The first-order valence-electron chi connectivity index (χ1n) is 41.2. The van der Waals surface area contributed by atoms with E-state index in [0.717, 1.165) is 75.1 Å². The highest BCUT2D eigenvalue weighted by Gasteiger charge is 2.30. The van der Waals surface area contributed by atoms with Crippen molar-refractivity contribution < 1.29 is 18.9 Å². The molecule has 11 aromatic carbocycles. The van der Waals surface area contributed by atoms with Crippen LogP contribution in [0.3, 0.4) is 0 Å². The highest BCUT2D eigenvalue weighted by molar-refractivity contribution is 6.47. The van der Waals surface area contributed by atoms with Crippen molar-refractivity contribution in [2.75, 3.05) is 26.4 Å². The number of unbranched alkanes of at least 4 members (excludes halogenated alkanes) is 28. The fourth-order valence-corrected chi connectivity index (χ4v) is 16.0. The van der Waals surface area contributed by atoms with Gasteiger partial charge in [-0.25, -0.2) is 0 Å². The minimum absolute atomic E-state index is 0.108. The third kappa shape index (κ3) is 19.4. The van der Waals surface area contributed by atoms with Gasteiger partial charge < -0.3 is 18.9 Å². The van der Waals surface area contributed by atoms with Gasteiger partial charge in [0, 0.05) is 0 Å². The molecule has 0 spiro atoms. The van der Waals surface area contributed by atoms with Gasteiger partial charge >= 0.3 is 0 Å². The Kier molecular flexibility index (Phi) is 27.8. The number of hydrogen-bond acceptors (Lipinski definition) is 4. The van der Waals surface area contributed by atoms with Crippen molar-refractivity contribution in [3.8, 4) is 67.5 Å². The molecule has 0 aliphatic rings. The van der Waals surface area contributed by atoms with E-state index in [-0.39, 0.29) is 10.8 Å². The molecule has 0 fully saturated rings. The van der Waals surface area contributed by atoms with Crippen LogP contribution in [0.5, 0.6) is 23.0 Å². The van der Waals surface area contributed by atoms with E-state index < -0.39 is 0 Å². The van der Waals surface area contributed by atoms with Crippen LogP contribution in [0.2, 0.25) is 0 Å². The van der Waals surface area contributed by atoms with Crippen LogP contribution < -0.4 is 18.9 Å². The summed E-state index contributed by atoms with van der Waals surface area (Å²) in [4.78, 5) is 0. The molecule has 0 amide bonds. The molecule has 0 bridgehead atoms. The maximum Gasteiger partial charge on any atom is 0.119 e. The lowest BCUT2D eigenvalue weighted by molar-refractivity contribution is 0.304. The largest absolute Gasteiger partial charge is 0.494 e. The summed E-state index contributed by atoms with van der Waals surface area (Å²) in [6.07, 6.45) is 40.8. The third-order valence-corrected chi connectivity index (χ3v) is 22.1. The highest BCUT2D eigenvalue weighted by Crippen LogP contribution is 2.57. The van der Waals surface area contributed by atoms with Crippen molar-refractivity contribution in [3.63, 3.8) is 0 Å². The van der Waals surface area contributed by atoms with Crippen LogP contribution in [0.4, 0.5) is 0 Å². The maximum absolute atomic E-state index is 6.62. The molecule has 0 unspecified atom stereocenters. The Morgan fingerprint density at radius 2 is 0.392 bits per heavy atom. The lowest BCUT2D eigenvalue weighted by atomic mass is 9.75. The first kappa shape index (κ1) is 75.8. The van der Waals surface area contributed by atoms with E-state index >= 15 is 0 Å². The molecule has 102 heavy (non-hydrogen) atoms. The second kappa shape index (κ2) is 37.4. The molecular weight excluding hydrogens is 1240 g/mol. The lowest BCUT2D eigenvalue weighted by Gasteiger charge is -2.28.